The summed E-state index contributed by atoms with van der Waals surface area (Å²) < 4.78 is 17.7. The predicted octanol–water partition coefficient (Wildman–Crippen LogP) is 0.999. The molecule has 0 aromatic heterocycles. The highest BCUT2D eigenvalue weighted by Gasteiger charge is 2.21. The van der Waals surface area contributed by atoms with E-state index in [1.165, 1.54) is 0 Å². The minimum Gasteiger partial charge on any atom is -0.504 e. The normalized spacial score (nSPS) is 11.6. The van der Waals surface area contributed by atoms with Crippen LogP contribution in [0.3, 0.4) is 0 Å². The Morgan fingerprint density at radius 3 is 2.82 bits per heavy atom. The number of ether oxygens (including phenoxy) is 1. The number of halogens is 1. The van der Waals surface area contributed by atoms with E-state index in [1.54, 1.807) is 13.0 Å². The first-order valence-corrected chi connectivity index (χ1v) is 4.78. The lowest BCUT2D eigenvalue weighted by Gasteiger charge is -2.10. The van der Waals surface area contributed by atoms with Gasteiger partial charge in [-0.25, -0.2) is 9.18 Å². The van der Waals surface area contributed by atoms with Gasteiger partial charge in [-0.2, -0.15) is 5.26 Å². The van der Waals surface area contributed by atoms with Gasteiger partial charge in [0, 0.05) is 0 Å². The van der Waals surface area contributed by atoms with E-state index in [1.807, 2.05) is 0 Å². The highest BCUT2D eigenvalue weighted by atomic mass is 19.1. The SMILES string of the molecule is CCOC(=O)C(O)c1cc(F)c(O)c(C#N)c1. The van der Waals surface area contributed by atoms with Gasteiger partial charge in [0.15, 0.2) is 17.7 Å². The number of carbonyl (C=O) groups excluding carboxylic acids is 1. The van der Waals surface area contributed by atoms with Crippen molar-refractivity contribution >= 4 is 5.97 Å². The number of phenols is 1. The van der Waals surface area contributed by atoms with Gasteiger partial charge >= 0.3 is 5.97 Å². The molecule has 0 radical (unpaired) electrons. The third-order valence-electron chi connectivity index (χ3n) is 2.03. The number of nitriles is 1. The lowest BCUT2D eigenvalue weighted by molar-refractivity contribution is -0.153. The minimum atomic E-state index is -1.68. The van der Waals surface area contributed by atoms with Crippen LogP contribution in [0, 0.1) is 17.1 Å². The summed E-state index contributed by atoms with van der Waals surface area (Å²) in [5, 5.41) is 27.3. The number of esters is 1. The molecule has 17 heavy (non-hydrogen) atoms. The second-order valence-corrected chi connectivity index (χ2v) is 3.17. The van der Waals surface area contributed by atoms with Gasteiger partial charge in [0.2, 0.25) is 0 Å². The molecule has 0 fully saturated rings. The van der Waals surface area contributed by atoms with Crippen molar-refractivity contribution in [2.24, 2.45) is 0 Å². The van der Waals surface area contributed by atoms with E-state index < -0.39 is 23.6 Å². The van der Waals surface area contributed by atoms with Crippen LogP contribution >= 0.6 is 0 Å². The summed E-state index contributed by atoms with van der Waals surface area (Å²) in [6.07, 6.45) is -1.68. The maximum Gasteiger partial charge on any atom is 0.339 e. The van der Waals surface area contributed by atoms with Crippen LogP contribution < -0.4 is 0 Å². The van der Waals surface area contributed by atoms with Gasteiger partial charge in [-0.15, -0.1) is 0 Å². The number of phenolic OH excluding ortho intramolecular Hbond substituents is 1. The summed E-state index contributed by atoms with van der Waals surface area (Å²) in [7, 11) is 0. The fourth-order valence-electron chi connectivity index (χ4n) is 1.22. The number of hydrogen-bond donors (Lipinski definition) is 2. The molecule has 90 valence electrons. The van der Waals surface area contributed by atoms with Gasteiger partial charge in [0.05, 0.1) is 12.2 Å². The number of aromatic hydroxyl groups is 1. The van der Waals surface area contributed by atoms with Gasteiger partial charge in [-0.05, 0) is 24.6 Å². The fraction of sp³-hybridized carbons (Fsp3) is 0.273. The summed E-state index contributed by atoms with van der Waals surface area (Å²) >= 11 is 0. The zero-order valence-corrected chi connectivity index (χ0v) is 8.98. The van der Waals surface area contributed by atoms with Crippen molar-refractivity contribution in [3.8, 4) is 11.8 Å². The van der Waals surface area contributed by atoms with Crippen molar-refractivity contribution in [3.05, 3.63) is 29.1 Å². The Labute approximate surface area is 96.7 Å². The van der Waals surface area contributed by atoms with Crippen LogP contribution in [0.4, 0.5) is 4.39 Å². The molecule has 0 heterocycles. The second kappa shape index (κ2) is 5.27. The first-order chi connectivity index (χ1) is 8.01. The first-order valence-electron chi connectivity index (χ1n) is 4.78. The number of benzene rings is 1. The van der Waals surface area contributed by atoms with E-state index in [0.717, 1.165) is 12.1 Å². The number of aliphatic hydroxyl groups excluding tert-OH is 1. The average Bonchev–Trinajstić information content (AvgIpc) is 2.31. The predicted molar refractivity (Wildman–Crippen MR) is 54.4 cm³/mol. The Morgan fingerprint density at radius 2 is 2.29 bits per heavy atom. The number of carbonyl (C=O) groups is 1. The zero-order chi connectivity index (χ0) is 13.0. The van der Waals surface area contributed by atoms with Crippen LogP contribution in [0.1, 0.15) is 24.2 Å². The molecule has 0 aliphatic rings. The molecule has 0 aliphatic carbocycles. The van der Waals surface area contributed by atoms with Crippen LogP contribution in [0.25, 0.3) is 0 Å². The molecular weight excluding hydrogens is 229 g/mol. The minimum absolute atomic E-state index is 0.0710. The summed E-state index contributed by atoms with van der Waals surface area (Å²) in [5.41, 5.74) is -0.501. The van der Waals surface area contributed by atoms with Gasteiger partial charge in [0.25, 0.3) is 0 Å². The third-order valence-corrected chi connectivity index (χ3v) is 2.03. The lowest BCUT2D eigenvalue weighted by atomic mass is 10.1. The summed E-state index contributed by atoms with van der Waals surface area (Å²) in [6.45, 7) is 1.63. The van der Waals surface area contributed by atoms with Gasteiger partial charge in [-0.1, -0.05) is 0 Å². The van der Waals surface area contributed by atoms with Gasteiger partial charge in [0.1, 0.15) is 6.07 Å². The van der Waals surface area contributed by atoms with Crippen molar-refractivity contribution in [3.63, 3.8) is 0 Å². The number of hydrogen-bond acceptors (Lipinski definition) is 5. The highest BCUT2D eigenvalue weighted by Crippen LogP contribution is 2.26. The van der Waals surface area contributed by atoms with Crippen LogP contribution in [0.15, 0.2) is 12.1 Å². The molecule has 1 rings (SSSR count). The smallest absolute Gasteiger partial charge is 0.339 e. The van der Waals surface area contributed by atoms with E-state index >= 15 is 0 Å². The van der Waals surface area contributed by atoms with Crippen LogP contribution in [-0.4, -0.2) is 22.8 Å². The molecule has 1 atom stereocenters. The number of aliphatic hydroxyl groups is 1. The molecule has 6 heteroatoms. The molecular formula is C11H10FNO4. The molecule has 2 N–H and O–H groups in total. The molecule has 1 aromatic rings. The van der Waals surface area contributed by atoms with Crippen molar-refractivity contribution in [2.75, 3.05) is 6.61 Å². The quantitative estimate of drug-likeness (QED) is 0.768. The largest absolute Gasteiger partial charge is 0.504 e. The fourth-order valence-corrected chi connectivity index (χ4v) is 1.22. The van der Waals surface area contributed by atoms with E-state index in [-0.39, 0.29) is 17.7 Å². The Kier molecular flexibility index (Phi) is 4.01. The molecule has 5 nitrogen and oxygen atoms in total. The first kappa shape index (κ1) is 12.9. The highest BCUT2D eigenvalue weighted by molar-refractivity contribution is 5.76. The average molecular weight is 239 g/mol. The molecule has 0 spiro atoms. The van der Waals surface area contributed by atoms with Gasteiger partial charge < -0.3 is 14.9 Å². The summed E-state index contributed by atoms with van der Waals surface area (Å²) in [5.74, 6) is -2.84. The maximum absolute atomic E-state index is 13.2. The Balaban J connectivity index is 3.12. The van der Waals surface area contributed by atoms with E-state index in [9.17, 15) is 14.3 Å². The van der Waals surface area contributed by atoms with E-state index in [0.29, 0.717) is 0 Å². The maximum atomic E-state index is 13.2. The Bertz CT molecular complexity index is 481. The zero-order valence-electron chi connectivity index (χ0n) is 8.98. The van der Waals surface area contributed by atoms with Gasteiger partial charge in [-0.3, -0.25) is 0 Å². The van der Waals surface area contributed by atoms with Crippen LogP contribution in [0.2, 0.25) is 0 Å². The van der Waals surface area contributed by atoms with E-state index in [4.69, 9.17) is 10.4 Å². The molecule has 0 saturated heterocycles. The molecule has 0 aliphatic heterocycles. The summed E-state index contributed by atoms with van der Waals surface area (Å²) in [4.78, 5) is 11.2. The Morgan fingerprint density at radius 1 is 1.65 bits per heavy atom. The topological polar surface area (TPSA) is 90.6 Å². The molecule has 1 aromatic carbocycles. The van der Waals surface area contributed by atoms with Crippen molar-refractivity contribution < 1.29 is 24.1 Å². The number of rotatable bonds is 3. The van der Waals surface area contributed by atoms with Crippen molar-refractivity contribution in [1.29, 1.82) is 5.26 Å². The molecule has 1 unspecified atom stereocenters. The standard InChI is InChI=1S/C11H10FNO4/c1-2-17-11(16)10(15)6-3-7(5-13)9(14)8(12)4-6/h3-4,10,14-15H,2H2,1H3. The summed E-state index contributed by atoms with van der Waals surface area (Å²) in [6, 6.07) is 3.35. The van der Waals surface area contributed by atoms with Crippen molar-refractivity contribution in [2.45, 2.75) is 13.0 Å². The lowest BCUT2D eigenvalue weighted by Crippen LogP contribution is -2.15. The third kappa shape index (κ3) is 2.71. The molecule has 0 saturated carbocycles. The second-order valence-electron chi connectivity index (χ2n) is 3.17. The monoisotopic (exact) mass is 239 g/mol. The molecule has 0 bridgehead atoms. The Hall–Kier alpha value is -2.13. The number of nitrogens with zero attached hydrogens (tertiary/aromatic N) is 1. The van der Waals surface area contributed by atoms with Crippen LogP contribution in [-0.2, 0) is 9.53 Å². The van der Waals surface area contributed by atoms with E-state index in [2.05, 4.69) is 4.74 Å². The van der Waals surface area contributed by atoms with Crippen molar-refractivity contribution in [1.82, 2.24) is 0 Å². The molecule has 0 amide bonds. The van der Waals surface area contributed by atoms with Crippen LogP contribution in [0.5, 0.6) is 5.75 Å².